The molecule has 2 amide bonds. The van der Waals surface area contributed by atoms with Gasteiger partial charge in [-0.3, -0.25) is 25.8 Å². The van der Waals surface area contributed by atoms with Gasteiger partial charge in [0.2, 0.25) is 0 Å². The summed E-state index contributed by atoms with van der Waals surface area (Å²) in [5, 5.41) is 3.04. The van der Waals surface area contributed by atoms with Gasteiger partial charge in [0, 0.05) is 10.6 Å². The molecule has 0 heterocycles. The first-order chi connectivity index (χ1) is 12.0. The second kappa shape index (κ2) is 9.22. The first-order valence-electron chi connectivity index (χ1n) is 6.99. The van der Waals surface area contributed by atoms with Crippen LogP contribution in [0.3, 0.4) is 0 Å². The molecule has 25 heavy (non-hydrogen) atoms. The molecule has 2 aromatic carbocycles. The largest absolute Gasteiger partial charge is 0.482 e. The van der Waals surface area contributed by atoms with E-state index in [0.717, 1.165) is 0 Å². The normalized spacial score (nSPS) is 9.84. The number of hydrazine groups is 1. The van der Waals surface area contributed by atoms with Crippen LogP contribution in [-0.4, -0.2) is 23.5 Å². The Bertz CT molecular complexity index is 787. The van der Waals surface area contributed by atoms with Crippen molar-refractivity contribution in [2.75, 3.05) is 6.61 Å². The zero-order valence-corrected chi connectivity index (χ0v) is 15.0. The molecule has 6 nitrogen and oxygen atoms in total. The van der Waals surface area contributed by atoms with E-state index in [9.17, 15) is 9.59 Å². The van der Waals surface area contributed by atoms with Crippen molar-refractivity contribution in [3.63, 3.8) is 0 Å². The van der Waals surface area contributed by atoms with Crippen molar-refractivity contribution in [3.8, 4) is 5.75 Å². The van der Waals surface area contributed by atoms with Gasteiger partial charge < -0.3 is 4.74 Å². The standard InChI is InChI=1S/C16H13Cl2N3O3S/c17-11-6-7-13(12(18)8-11)24-9-14(22)19-16(25)21-20-15(23)10-4-2-1-3-5-10/h1-8H,9H2,(H,20,23)(H2,19,21,22,25). The van der Waals surface area contributed by atoms with Gasteiger partial charge in [-0.05, 0) is 42.5 Å². The number of halogens is 2. The van der Waals surface area contributed by atoms with Crippen LogP contribution in [0, 0.1) is 0 Å². The van der Waals surface area contributed by atoms with E-state index in [0.29, 0.717) is 16.3 Å². The highest BCUT2D eigenvalue weighted by Crippen LogP contribution is 2.27. The van der Waals surface area contributed by atoms with Gasteiger partial charge in [0.25, 0.3) is 11.8 Å². The molecule has 0 bridgehead atoms. The summed E-state index contributed by atoms with van der Waals surface area (Å²) in [6, 6.07) is 13.2. The molecule has 0 unspecified atom stereocenters. The molecule has 0 saturated carbocycles. The Balaban J connectivity index is 1.74. The first kappa shape index (κ1) is 19.0. The van der Waals surface area contributed by atoms with Crippen molar-refractivity contribution in [3.05, 3.63) is 64.1 Å². The summed E-state index contributed by atoms with van der Waals surface area (Å²) in [5.41, 5.74) is 5.25. The summed E-state index contributed by atoms with van der Waals surface area (Å²) in [7, 11) is 0. The lowest BCUT2D eigenvalue weighted by atomic mass is 10.2. The van der Waals surface area contributed by atoms with Crippen LogP contribution in [0.25, 0.3) is 0 Å². The van der Waals surface area contributed by atoms with Crippen LogP contribution in [-0.2, 0) is 4.79 Å². The Morgan fingerprint density at radius 2 is 1.76 bits per heavy atom. The number of carbonyl (C=O) groups excluding carboxylic acids is 2. The fraction of sp³-hybridized carbons (Fsp3) is 0.0625. The number of rotatable bonds is 4. The Morgan fingerprint density at radius 3 is 2.44 bits per heavy atom. The molecule has 2 rings (SSSR count). The van der Waals surface area contributed by atoms with Crippen LogP contribution < -0.4 is 20.9 Å². The van der Waals surface area contributed by atoms with E-state index in [1.54, 1.807) is 42.5 Å². The molecule has 2 aromatic rings. The molecule has 0 fully saturated rings. The van der Waals surface area contributed by atoms with Crippen molar-refractivity contribution in [1.29, 1.82) is 0 Å². The highest BCUT2D eigenvalue weighted by Gasteiger charge is 2.09. The summed E-state index contributed by atoms with van der Waals surface area (Å²) in [4.78, 5) is 23.6. The molecule has 0 aliphatic carbocycles. The third-order valence-electron chi connectivity index (χ3n) is 2.83. The lowest BCUT2D eigenvalue weighted by molar-refractivity contribution is -0.121. The van der Waals surface area contributed by atoms with E-state index in [4.69, 9.17) is 40.2 Å². The summed E-state index contributed by atoms with van der Waals surface area (Å²) >= 11 is 16.6. The molecule has 0 atom stereocenters. The van der Waals surface area contributed by atoms with Crippen molar-refractivity contribution < 1.29 is 14.3 Å². The molecule has 0 aliphatic heterocycles. The number of amides is 2. The zero-order chi connectivity index (χ0) is 18.2. The van der Waals surface area contributed by atoms with Gasteiger partial charge in [-0.2, -0.15) is 0 Å². The fourth-order valence-corrected chi connectivity index (χ4v) is 2.33. The highest BCUT2D eigenvalue weighted by molar-refractivity contribution is 7.80. The predicted octanol–water partition coefficient (Wildman–Crippen LogP) is 2.71. The van der Waals surface area contributed by atoms with Gasteiger partial charge in [0.15, 0.2) is 11.7 Å². The van der Waals surface area contributed by atoms with E-state index in [2.05, 4.69) is 16.2 Å². The van der Waals surface area contributed by atoms with Gasteiger partial charge in [-0.1, -0.05) is 41.4 Å². The van der Waals surface area contributed by atoms with Gasteiger partial charge in [0.05, 0.1) is 5.02 Å². The van der Waals surface area contributed by atoms with Gasteiger partial charge >= 0.3 is 0 Å². The molecule has 3 N–H and O–H groups in total. The smallest absolute Gasteiger partial charge is 0.269 e. The molecular weight excluding hydrogens is 385 g/mol. The van der Waals surface area contributed by atoms with E-state index >= 15 is 0 Å². The van der Waals surface area contributed by atoms with Crippen LogP contribution in [0.5, 0.6) is 5.75 Å². The molecule has 0 spiro atoms. The Hall–Kier alpha value is -2.35. The van der Waals surface area contributed by atoms with Crippen LogP contribution in [0.1, 0.15) is 10.4 Å². The van der Waals surface area contributed by atoms with Crippen LogP contribution >= 0.6 is 35.4 Å². The molecule has 0 radical (unpaired) electrons. The Labute approximate surface area is 159 Å². The molecular formula is C16H13Cl2N3O3S. The SMILES string of the molecule is O=C(COc1ccc(Cl)cc1Cl)NC(=S)NNC(=O)c1ccccc1. The van der Waals surface area contributed by atoms with E-state index < -0.39 is 5.91 Å². The molecule has 0 aliphatic rings. The second-order valence-electron chi connectivity index (χ2n) is 4.69. The lowest BCUT2D eigenvalue weighted by Crippen LogP contribution is -2.49. The van der Waals surface area contributed by atoms with Crippen molar-refractivity contribution in [1.82, 2.24) is 16.2 Å². The number of thiocarbonyl (C=S) groups is 1. The maximum atomic E-state index is 11.8. The fourth-order valence-electron chi connectivity index (χ4n) is 1.70. The topological polar surface area (TPSA) is 79.5 Å². The number of ether oxygens (including phenoxy) is 1. The first-order valence-corrected chi connectivity index (χ1v) is 8.15. The van der Waals surface area contributed by atoms with Crippen molar-refractivity contribution >= 4 is 52.3 Å². The minimum atomic E-state index is -0.516. The highest BCUT2D eigenvalue weighted by atomic mass is 35.5. The summed E-state index contributed by atoms with van der Waals surface area (Å²) in [6.07, 6.45) is 0. The molecule has 0 aromatic heterocycles. The second-order valence-corrected chi connectivity index (χ2v) is 5.94. The minimum Gasteiger partial charge on any atom is -0.482 e. The number of nitrogens with one attached hydrogen (secondary N) is 3. The van der Waals surface area contributed by atoms with E-state index in [1.165, 1.54) is 6.07 Å². The Morgan fingerprint density at radius 1 is 1.04 bits per heavy atom. The average Bonchev–Trinajstić information content (AvgIpc) is 2.59. The average molecular weight is 398 g/mol. The Kier molecular flexibility index (Phi) is 7.00. The number of carbonyl (C=O) groups is 2. The van der Waals surface area contributed by atoms with Gasteiger partial charge in [0.1, 0.15) is 5.75 Å². The quantitative estimate of drug-likeness (QED) is 0.545. The maximum absolute atomic E-state index is 11.8. The molecule has 0 saturated heterocycles. The number of hydrogen-bond acceptors (Lipinski definition) is 4. The molecule has 9 heteroatoms. The summed E-state index contributed by atoms with van der Waals surface area (Å²) in [5.74, 6) is -0.587. The zero-order valence-electron chi connectivity index (χ0n) is 12.7. The molecule has 130 valence electrons. The number of benzene rings is 2. The van der Waals surface area contributed by atoms with E-state index in [-0.39, 0.29) is 22.6 Å². The van der Waals surface area contributed by atoms with Gasteiger partial charge in [-0.25, -0.2) is 0 Å². The van der Waals surface area contributed by atoms with Crippen molar-refractivity contribution in [2.45, 2.75) is 0 Å². The summed E-state index contributed by atoms with van der Waals surface area (Å²) in [6.45, 7) is -0.310. The lowest BCUT2D eigenvalue weighted by Gasteiger charge is -2.12. The maximum Gasteiger partial charge on any atom is 0.269 e. The van der Waals surface area contributed by atoms with Gasteiger partial charge in [-0.15, -0.1) is 0 Å². The number of hydrogen-bond donors (Lipinski definition) is 3. The monoisotopic (exact) mass is 397 g/mol. The third kappa shape index (κ3) is 6.22. The summed E-state index contributed by atoms with van der Waals surface area (Å²) < 4.78 is 5.27. The van der Waals surface area contributed by atoms with Crippen molar-refractivity contribution in [2.24, 2.45) is 0 Å². The van der Waals surface area contributed by atoms with E-state index in [1.807, 2.05) is 0 Å². The minimum absolute atomic E-state index is 0.0694. The van der Waals surface area contributed by atoms with Crippen LogP contribution in [0.4, 0.5) is 0 Å². The van der Waals surface area contributed by atoms with Crippen LogP contribution in [0.15, 0.2) is 48.5 Å². The van der Waals surface area contributed by atoms with Crippen LogP contribution in [0.2, 0.25) is 10.0 Å². The third-order valence-corrected chi connectivity index (χ3v) is 3.57. The predicted molar refractivity (Wildman–Crippen MR) is 99.7 cm³/mol.